The van der Waals surface area contributed by atoms with Gasteiger partial charge in [-0.25, -0.2) is 4.39 Å². The smallest absolute Gasteiger partial charge is 0.275 e. The molecule has 0 saturated carbocycles. The van der Waals surface area contributed by atoms with E-state index in [-0.39, 0.29) is 33.2 Å². The highest BCUT2D eigenvalue weighted by Crippen LogP contribution is 2.33. The second-order valence-corrected chi connectivity index (χ2v) is 7.09. The molecular weight excluding hydrogens is 441 g/mol. The third-order valence-electron chi connectivity index (χ3n) is 4.47. The molecule has 3 rings (SSSR count). The second kappa shape index (κ2) is 10.1. The van der Waals surface area contributed by atoms with Crippen molar-refractivity contribution < 1.29 is 28.0 Å². The van der Waals surface area contributed by atoms with Crippen LogP contribution in [0.1, 0.15) is 39.8 Å². The van der Waals surface area contributed by atoms with Crippen molar-refractivity contribution in [3.8, 4) is 22.8 Å². The molecule has 0 unspecified atom stereocenters. The van der Waals surface area contributed by atoms with E-state index in [2.05, 4.69) is 16.0 Å². The molecular formula is C22H21ClFN3O5. The van der Waals surface area contributed by atoms with Gasteiger partial charge in [0, 0.05) is 5.56 Å². The van der Waals surface area contributed by atoms with Crippen molar-refractivity contribution in [1.82, 2.24) is 16.0 Å². The lowest BCUT2D eigenvalue weighted by atomic mass is 10.1. The highest BCUT2D eigenvalue weighted by Gasteiger charge is 2.26. The van der Waals surface area contributed by atoms with Gasteiger partial charge < -0.3 is 14.0 Å². The minimum Gasteiger partial charge on any atom is -0.493 e. The number of aryl methyl sites for hydroxylation is 1. The molecule has 0 bridgehead atoms. The average molecular weight is 462 g/mol. The number of carbonyl (C=O) groups is 2. The molecule has 2 amide bonds. The monoisotopic (exact) mass is 461 g/mol. The van der Waals surface area contributed by atoms with Gasteiger partial charge in [0.1, 0.15) is 22.8 Å². The number of amides is 2. The Bertz CT molecular complexity index is 1130. The van der Waals surface area contributed by atoms with E-state index < -0.39 is 17.6 Å². The van der Waals surface area contributed by atoms with Gasteiger partial charge in [0.05, 0.1) is 24.3 Å². The largest absolute Gasteiger partial charge is 0.493 e. The van der Waals surface area contributed by atoms with Crippen LogP contribution in [0, 0.1) is 12.7 Å². The standard InChI is InChI=1S/C22H21ClFN3O5/c1-4-10-31-16-9-8-13(11-17(16)30-3)21(28)25-26-22(29)18-12(2)32-27-20(18)19-14(23)6-5-7-15(19)24/h5-9,11H,4,10H2,1-3H3,(H,25,28)(H,26,29). The normalized spacial score (nSPS) is 10.5. The Morgan fingerprint density at radius 1 is 1.16 bits per heavy atom. The molecule has 0 saturated heterocycles. The van der Waals surface area contributed by atoms with E-state index >= 15 is 0 Å². The van der Waals surface area contributed by atoms with Crippen LogP contribution in [-0.2, 0) is 0 Å². The van der Waals surface area contributed by atoms with Gasteiger partial charge in [-0.05, 0) is 43.7 Å². The van der Waals surface area contributed by atoms with Crippen LogP contribution in [0.15, 0.2) is 40.9 Å². The van der Waals surface area contributed by atoms with Crippen LogP contribution in [-0.4, -0.2) is 30.7 Å². The van der Waals surface area contributed by atoms with Gasteiger partial charge in [-0.2, -0.15) is 0 Å². The number of hydrogen-bond donors (Lipinski definition) is 2. The van der Waals surface area contributed by atoms with E-state index in [1.807, 2.05) is 6.92 Å². The molecule has 8 nitrogen and oxygen atoms in total. The number of nitrogens with one attached hydrogen (secondary N) is 2. The Morgan fingerprint density at radius 2 is 1.91 bits per heavy atom. The maximum absolute atomic E-state index is 14.3. The Labute approximate surface area is 188 Å². The minimum absolute atomic E-state index is 0.0572. The topological polar surface area (TPSA) is 103 Å². The lowest BCUT2D eigenvalue weighted by molar-refractivity contribution is 0.0846. The van der Waals surface area contributed by atoms with Crippen molar-refractivity contribution in [3.05, 3.63) is 64.1 Å². The summed E-state index contributed by atoms with van der Waals surface area (Å²) < 4.78 is 30.2. The molecule has 2 aromatic carbocycles. The number of halogens is 2. The second-order valence-electron chi connectivity index (χ2n) is 6.68. The zero-order chi connectivity index (χ0) is 23.3. The number of carbonyl (C=O) groups excluding carboxylic acids is 2. The highest BCUT2D eigenvalue weighted by molar-refractivity contribution is 6.33. The number of aromatic nitrogens is 1. The number of benzene rings is 2. The Hall–Kier alpha value is -3.59. The van der Waals surface area contributed by atoms with Crippen molar-refractivity contribution in [3.63, 3.8) is 0 Å². The van der Waals surface area contributed by atoms with Crippen LogP contribution in [0.25, 0.3) is 11.3 Å². The first-order chi connectivity index (χ1) is 15.4. The number of hydrogen-bond acceptors (Lipinski definition) is 6. The zero-order valence-electron chi connectivity index (χ0n) is 17.6. The molecule has 0 aliphatic carbocycles. The number of rotatable bonds is 7. The van der Waals surface area contributed by atoms with Crippen LogP contribution in [0.3, 0.4) is 0 Å². The maximum atomic E-state index is 14.3. The van der Waals surface area contributed by atoms with Crippen molar-refractivity contribution in [2.24, 2.45) is 0 Å². The van der Waals surface area contributed by atoms with Gasteiger partial charge in [0.25, 0.3) is 11.8 Å². The summed E-state index contributed by atoms with van der Waals surface area (Å²) in [5.41, 5.74) is 4.61. The number of ether oxygens (including phenoxy) is 2. The van der Waals surface area contributed by atoms with E-state index in [0.29, 0.717) is 18.1 Å². The average Bonchev–Trinajstić information content (AvgIpc) is 3.16. The number of methoxy groups -OCH3 is 1. The summed E-state index contributed by atoms with van der Waals surface area (Å²) in [6.45, 7) is 3.96. The SMILES string of the molecule is CCCOc1ccc(C(=O)NNC(=O)c2c(-c3c(F)cccc3Cl)noc2C)cc1OC. The number of nitrogens with zero attached hydrogens (tertiary/aromatic N) is 1. The Morgan fingerprint density at radius 3 is 2.59 bits per heavy atom. The van der Waals surface area contributed by atoms with Gasteiger partial charge in [-0.15, -0.1) is 0 Å². The summed E-state index contributed by atoms with van der Waals surface area (Å²) in [5.74, 6) is -1.00. The van der Waals surface area contributed by atoms with Gasteiger partial charge >= 0.3 is 0 Å². The van der Waals surface area contributed by atoms with Gasteiger partial charge in [-0.3, -0.25) is 20.4 Å². The molecule has 1 aromatic heterocycles. The predicted molar refractivity (Wildman–Crippen MR) is 115 cm³/mol. The first-order valence-corrected chi connectivity index (χ1v) is 10.1. The molecule has 2 N–H and O–H groups in total. The molecule has 32 heavy (non-hydrogen) atoms. The van der Waals surface area contributed by atoms with Crippen molar-refractivity contribution in [2.75, 3.05) is 13.7 Å². The molecule has 168 valence electrons. The summed E-state index contributed by atoms with van der Waals surface area (Å²) in [7, 11) is 1.46. The summed E-state index contributed by atoms with van der Waals surface area (Å²) in [6.07, 6.45) is 0.819. The van der Waals surface area contributed by atoms with Crippen molar-refractivity contribution in [2.45, 2.75) is 20.3 Å². The van der Waals surface area contributed by atoms with E-state index in [9.17, 15) is 14.0 Å². The fourth-order valence-electron chi connectivity index (χ4n) is 2.92. The van der Waals surface area contributed by atoms with Crippen LogP contribution < -0.4 is 20.3 Å². The van der Waals surface area contributed by atoms with Crippen LogP contribution in [0.5, 0.6) is 11.5 Å². The van der Waals surface area contributed by atoms with Crippen molar-refractivity contribution in [1.29, 1.82) is 0 Å². The van der Waals surface area contributed by atoms with Crippen LogP contribution >= 0.6 is 11.6 Å². The number of hydrazine groups is 1. The Kier molecular flexibility index (Phi) is 7.32. The fourth-order valence-corrected chi connectivity index (χ4v) is 3.18. The summed E-state index contributed by atoms with van der Waals surface area (Å²) in [4.78, 5) is 25.3. The molecule has 3 aromatic rings. The van der Waals surface area contributed by atoms with E-state index in [0.717, 1.165) is 6.42 Å². The van der Waals surface area contributed by atoms with Gasteiger partial charge in [0.15, 0.2) is 11.5 Å². The lowest BCUT2D eigenvalue weighted by Gasteiger charge is -2.12. The summed E-state index contributed by atoms with van der Waals surface area (Å²) in [5, 5.41) is 3.83. The minimum atomic E-state index is -0.749. The van der Waals surface area contributed by atoms with Gasteiger partial charge in [-0.1, -0.05) is 29.7 Å². The van der Waals surface area contributed by atoms with E-state index in [1.54, 1.807) is 6.07 Å². The maximum Gasteiger partial charge on any atom is 0.275 e. The fraction of sp³-hybridized carbons (Fsp3) is 0.227. The Balaban J connectivity index is 1.77. The lowest BCUT2D eigenvalue weighted by Crippen LogP contribution is -2.41. The van der Waals surface area contributed by atoms with E-state index in [1.165, 1.54) is 44.4 Å². The molecule has 0 fully saturated rings. The quantitative estimate of drug-likeness (QED) is 0.508. The molecule has 0 spiro atoms. The molecule has 0 aliphatic rings. The first kappa shape index (κ1) is 23.1. The summed E-state index contributed by atoms with van der Waals surface area (Å²) in [6, 6.07) is 8.71. The van der Waals surface area contributed by atoms with Crippen LogP contribution in [0.4, 0.5) is 4.39 Å². The molecule has 1 heterocycles. The summed E-state index contributed by atoms with van der Waals surface area (Å²) >= 11 is 6.09. The van der Waals surface area contributed by atoms with Crippen molar-refractivity contribution >= 4 is 23.4 Å². The van der Waals surface area contributed by atoms with Crippen LogP contribution in [0.2, 0.25) is 5.02 Å². The highest BCUT2D eigenvalue weighted by atomic mass is 35.5. The first-order valence-electron chi connectivity index (χ1n) is 9.69. The third-order valence-corrected chi connectivity index (χ3v) is 4.78. The molecule has 0 radical (unpaired) electrons. The molecule has 0 atom stereocenters. The molecule has 0 aliphatic heterocycles. The third kappa shape index (κ3) is 4.83. The molecule has 10 heteroatoms. The zero-order valence-corrected chi connectivity index (χ0v) is 18.4. The predicted octanol–water partition coefficient (Wildman–Crippen LogP) is 4.31. The van der Waals surface area contributed by atoms with E-state index in [4.69, 9.17) is 25.6 Å². The van der Waals surface area contributed by atoms with Gasteiger partial charge in [0.2, 0.25) is 0 Å².